The fourth-order valence-corrected chi connectivity index (χ4v) is 3.72. The second-order valence-corrected chi connectivity index (χ2v) is 7.30. The molecule has 0 aromatic heterocycles. The molecule has 0 spiro atoms. The van der Waals surface area contributed by atoms with Crippen LogP contribution in [0.2, 0.25) is 0 Å². The van der Waals surface area contributed by atoms with E-state index in [-0.39, 0.29) is 5.82 Å². The molecule has 0 aliphatic carbocycles. The first-order valence-corrected chi connectivity index (χ1v) is 10.6. The zero-order valence-corrected chi connectivity index (χ0v) is 17.4. The maximum absolute atomic E-state index is 13.5. The molecule has 0 aliphatic rings. The van der Waals surface area contributed by atoms with E-state index >= 15 is 0 Å². The summed E-state index contributed by atoms with van der Waals surface area (Å²) in [7, 11) is 0. The van der Waals surface area contributed by atoms with E-state index < -0.39 is 5.79 Å². The Hall–Kier alpha value is -0.930. The molecular weight excluding hydrogens is 327 g/mol. The highest BCUT2D eigenvalue weighted by Crippen LogP contribution is 2.32. The van der Waals surface area contributed by atoms with E-state index in [1.807, 2.05) is 19.9 Å². The molecule has 1 atom stereocenters. The van der Waals surface area contributed by atoms with Crippen molar-refractivity contribution in [3.8, 4) is 0 Å². The Bertz CT molecular complexity index is 469. The Kier molecular flexibility index (Phi) is 11.8. The van der Waals surface area contributed by atoms with E-state index in [9.17, 15) is 4.39 Å². The van der Waals surface area contributed by atoms with Gasteiger partial charge in [0.2, 0.25) is 0 Å². The van der Waals surface area contributed by atoms with Crippen LogP contribution in [0.5, 0.6) is 0 Å². The summed E-state index contributed by atoms with van der Waals surface area (Å²) in [5.41, 5.74) is 1.05. The minimum Gasteiger partial charge on any atom is -0.350 e. The summed E-state index contributed by atoms with van der Waals surface area (Å²) in [4.78, 5) is 0. The molecule has 0 aliphatic heterocycles. The van der Waals surface area contributed by atoms with Crippen LogP contribution in [0.3, 0.4) is 0 Å². The maximum Gasteiger partial charge on any atom is 0.168 e. The summed E-state index contributed by atoms with van der Waals surface area (Å²) in [6, 6.07) is 6.93. The number of rotatable bonds is 15. The molecule has 150 valence electrons. The average Bonchev–Trinajstić information content (AvgIpc) is 2.60. The smallest absolute Gasteiger partial charge is 0.168 e. The van der Waals surface area contributed by atoms with Gasteiger partial charge in [-0.1, -0.05) is 57.6 Å². The van der Waals surface area contributed by atoms with Crippen LogP contribution in [-0.4, -0.2) is 19.0 Å². The average molecular weight is 367 g/mol. The maximum atomic E-state index is 13.5. The first-order chi connectivity index (χ1) is 12.6. The first-order valence-electron chi connectivity index (χ1n) is 10.6. The summed E-state index contributed by atoms with van der Waals surface area (Å²) in [6.45, 7) is 9.65. The largest absolute Gasteiger partial charge is 0.350 e. The predicted molar refractivity (Wildman–Crippen MR) is 108 cm³/mol. The number of halogens is 1. The van der Waals surface area contributed by atoms with Gasteiger partial charge in [-0.2, -0.15) is 0 Å². The number of benzene rings is 1. The van der Waals surface area contributed by atoms with E-state index in [0.717, 1.165) is 24.8 Å². The van der Waals surface area contributed by atoms with E-state index in [2.05, 4.69) is 13.8 Å². The Balaban J connectivity index is 2.66. The van der Waals surface area contributed by atoms with Crippen molar-refractivity contribution < 1.29 is 13.9 Å². The summed E-state index contributed by atoms with van der Waals surface area (Å²) in [5.74, 6) is -0.399. The van der Waals surface area contributed by atoms with Crippen LogP contribution in [0.1, 0.15) is 84.6 Å². The summed E-state index contributed by atoms with van der Waals surface area (Å²) >= 11 is 0. The molecule has 0 amide bonds. The molecule has 1 aromatic carbocycles. The molecule has 1 aromatic rings. The quantitative estimate of drug-likeness (QED) is 0.248. The van der Waals surface area contributed by atoms with E-state index in [4.69, 9.17) is 9.47 Å². The van der Waals surface area contributed by atoms with Crippen LogP contribution >= 0.6 is 0 Å². The minimum atomic E-state index is -0.555. The van der Waals surface area contributed by atoms with Gasteiger partial charge in [0, 0.05) is 19.1 Å². The molecule has 0 bridgehead atoms. The van der Waals surface area contributed by atoms with Crippen LogP contribution in [0.25, 0.3) is 0 Å². The molecule has 1 unspecified atom stereocenters. The zero-order valence-electron chi connectivity index (χ0n) is 17.4. The molecule has 0 heterocycles. The lowest BCUT2D eigenvalue weighted by molar-refractivity contribution is -0.254. The van der Waals surface area contributed by atoms with Gasteiger partial charge < -0.3 is 9.47 Å². The third-order valence-corrected chi connectivity index (χ3v) is 5.18. The highest BCUT2D eigenvalue weighted by Gasteiger charge is 2.35. The lowest BCUT2D eigenvalue weighted by atomic mass is 9.87. The van der Waals surface area contributed by atoms with E-state index in [0.29, 0.717) is 19.1 Å². The minimum absolute atomic E-state index is 0.160. The molecule has 0 saturated heterocycles. The van der Waals surface area contributed by atoms with Gasteiger partial charge in [0.1, 0.15) is 5.82 Å². The normalized spacial score (nSPS) is 13.1. The summed E-state index contributed by atoms with van der Waals surface area (Å²) < 4.78 is 25.6. The molecule has 0 saturated carbocycles. The van der Waals surface area contributed by atoms with Crippen LogP contribution < -0.4 is 0 Å². The molecule has 2 nitrogen and oxygen atoms in total. The Morgan fingerprint density at radius 2 is 1.58 bits per heavy atom. The third kappa shape index (κ3) is 8.64. The standard InChI is InChI=1S/C23H39FO2/c1-5-8-9-10-11-12-15-21(23(4,25-6-2)26-7-3)18-17-20-14-13-16-22(24)19-20/h13-14,16,19,21H,5-12,15,17-18H2,1-4H3. The molecule has 0 N–H and O–H groups in total. The van der Waals surface area contributed by atoms with Crippen LogP contribution in [-0.2, 0) is 15.9 Å². The van der Waals surface area contributed by atoms with Crippen molar-refractivity contribution in [3.05, 3.63) is 35.6 Å². The van der Waals surface area contributed by atoms with Gasteiger partial charge in [-0.05, 0) is 57.7 Å². The van der Waals surface area contributed by atoms with Crippen molar-refractivity contribution in [1.82, 2.24) is 0 Å². The van der Waals surface area contributed by atoms with Crippen molar-refractivity contribution in [2.45, 2.75) is 91.3 Å². The Morgan fingerprint density at radius 1 is 0.923 bits per heavy atom. The molecule has 3 heteroatoms. The fraction of sp³-hybridized carbons (Fsp3) is 0.739. The predicted octanol–water partition coefficient (Wildman–Crippen LogP) is 6.91. The van der Waals surface area contributed by atoms with Gasteiger partial charge in [-0.25, -0.2) is 4.39 Å². The zero-order chi connectivity index (χ0) is 19.3. The Labute approximate surface area is 160 Å². The molecule has 0 fully saturated rings. The fourth-order valence-electron chi connectivity index (χ4n) is 3.72. The van der Waals surface area contributed by atoms with Crippen LogP contribution in [0.15, 0.2) is 24.3 Å². The van der Waals surface area contributed by atoms with Gasteiger partial charge in [0.25, 0.3) is 0 Å². The van der Waals surface area contributed by atoms with Gasteiger partial charge >= 0.3 is 0 Å². The molecular formula is C23H39FO2. The van der Waals surface area contributed by atoms with Crippen LogP contribution in [0.4, 0.5) is 4.39 Å². The van der Waals surface area contributed by atoms with Gasteiger partial charge in [-0.3, -0.25) is 0 Å². The topological polar surface area (TPSA) is 18.5 Å². The number of aryl methyl sites for hydroxylation is 1. The highest BCUT2D eigenvalue weighted by molar-refractivity contribution is 5.16. The number of hydrogen-bond donors (Lipinski definition) is 0. The second kappa shape index (κ2) is 13.3. The van der Waals surface area contributed by atoms with Crippen molar-refractivity contribution in [2.75, 3.05) is 13.2 Å². The third-order valence-electron chi connectivity index (χ3n) is 5.18. The lowest BCUT2D eigenvalue weighted by Crippen LogP contribution is -2.41. The number of ether oxygens (including phenoxy) is 2. The van der Waals surface area contributed by atoms with Gasteiger partial charge in [-0.15, -0.1) is 0 Å². The summed E-state index contributed by atoms with van der Waals surface area (Å²) in [6.07, 6.45) is 10.6. The van der Waals surface area contributed by atoms with E-state index in [1.165, 1.54) is 44.6 Å². The van der Waals surface area contributed by atoms with Crippen molar-refractivity contribution >= 4 is 0 Å². The van der Waals surface area contributed by atoms with Crippen molar-refractivity contribution in [2.24, 2.45) is 5.92 Å². The summed E-state index contributed by atoms with van der Waals surface area (Å²) in [5, 5.41) is 0. The van der Waals surface area contributed by atoms with E-state index in [1.54, 1.807) is 12.1 Å². The first kappa shape index (κ1) is 23.1. The van der Waals surface area contributed by atoms with Gasteiger partial charge in [0.05, 0.1) is 0 Å². The second-order valence-electron chi connectivity index (χ2n) is 7.30. The monoisotopic (exact) mass is 366 g/mol. The Morgan fingerprint density at radius 3 is 2.19 bits per heavy atom. The number of unbranched alkanes of at least 4 members (excludes halogenated alkanes) is 5. The molecule has 26 heavy (non-hydrogen) atoms. The molecule has 0 radical (unpaired) electrons. The number of hydrogen-bond acceptors (Lipinski definition) is 2. The van der Waals surface area contributed by atoms with Crippen molar-refractivity contribution in [1.29, 1.82) is 0 Å². The van der Waals surface area contributed by atoms with Crippen LogP contribution in [0, 0.1) is 11.7 Å². The van der Waals surface area contributed by atoms with Crippen molar-refractivity contribution in [3.63, 3.8) is 0 Å². The molecule has 1 rings (SSSR count). The SMILES string of the molecule is CCCCCCCCC(CCc1cccc(F)c1)C(C)(OCC)OCC. The lowest BCUT2D eigenvalue weighted by Gasteiger charge is -2.37. The highest BCUT2D eigenvalue weighted by atomic mass is 19.1. The van der Waals surface area contributed by atoms with Gasteiger partial charge in [0.15, 0.2) is 5.79 Å².